The van der Waals surface area contributed by atoms with Gasteiger partial charge in [-0.2, -0.15) is 0 Å². The Morgan fingerprint density at radius 2 is 2.24 bits per heavy atom. The zero-order valence-electron chi connectivity index (χ0n) is 9.26. The van der Waals surface area contributed by atoms with E-state index in [1.807, 2.05) is 12.3 Å². The molecule has 0 aliphatic carbocycles. The lowest BCUT2D eigenvalue weighted by molar-refractivity contribution is 0.737. The summed E-state index contributed by atoms with van der Waals surface area (Å²) < 4.78 is 4.08. The summed E-state index contributed by atoms with van der Waals surface area (Å²) in [5.41, 5.74) is 8.58. The lowest BCUT2D eigenvalue weighted by atomic mass is 10.0. The van der Waals surface area contributed by atoms with Gasteiger partial charge in [0.15, 0.2) is 0 Å². The molecule has 0 spiro atoms. The van der Waals surface area contributed by atoms with Crippen LogP contribution in [0.2, 0.25) is 0 Å². The van der Waals surface area contributed by atoms with Crippen molar-refractivity contribution in [2.45, 2.75) is 12.5 Å². The van der Waals surface area contributed by atoms with Crippen LogP contribution in [-0.4, -0.2) is 9.36 Å². The third kappa shape index (κ3) is 2.09. The van der Waals surface area contributed by atoms with Crippen LogP contribution >= 0.6 is 11.5 Å². The molecule has 2 heterocycles. The Hall–Kier alpha value is -1.65. The molecule has 1 atom stereocenters. The van der Waals surface area contributed by atoms with Crippen LogP contribution in [-0.2, 0) is 6.42 Å². The summed E-state index contributed by atoms with van der Waals surface area (Å²) in [4.78, 5) is 4.33. The van der Waals surface area contributed by atoms with Crippen molar-refractivity contribution in [3.63, 3.8) is 0 Å². The van der Waals surface area contributed by atoms with Crippen molar-refractivity contribution in [1.82, 2.24) is 9.36 Å². The second-order valence-corrected chi connectivity index (χ2v) is 4.99. The van der Waals surface area contributed by atoms with E-state index in [-0.39, 0.29) is 6.04 Å². The van der Waals surface area contributed by atoms with Crippen molar-refractivity contribution >= 4 is 22.4 Å². The normalized spacial score (nSPS) is 13.0. The van der Waals surface area contributed by atoms with Gasteiger partial charge in [0, 0.05) is 28.8 Å². The average Bonchev–Trinajstić information content (AvgIpc) is 2.99. The lowest BCUT2D eigenvalue weighted by Crippen LogP contribution is -2.11. The van der Waals surface area contributed by atoms with Crippen LogP contribution in [0.1, 0.15) is 16.5 Å². The van der Waals surface area contributed by atoms with Gasteiger partial charge in [0.2, 0.25) is 0 Å². The summed E-state index contributed by atoms with van der Waals surface area (Å²) in [5.74, 6) is 0. The fourth-order valence-electron chi connectivity index (χ4n) is 2.00. The Bertz CT molecular complexity index is 612. The minimum Gasteiger partial charge on any atom is -0.361 e. The number of fused-ring (bicyclic) bond motifs is 1. The number of aromatic amines is 1. The first kappa shape index (κ1) is 10.5. The topological polar surface area (TPSA) is 54.7 Å². The molecule has 0 bridgehead atoms. The van der Waals surface area contributed by atoms with Gasteiger partial charge in [-0.1, -0.05) is 6.07 Å². The Labute approximate surface area is 103 Å². The van der Waals surface area contributed by atoms with Crippen LogP contribution in [0.25, 0.3) is 10.9 Å². The number of H-pyrrole nitrogens is 1. The first-order valence-electron chi connectivity index (χ1n) is 5.55. The predicted molar refractivity (Wildman–Crippen MR) is 71.0 cm³/mol. The van der Waals surface area contributed by atoms with Crippen molar-refractivity contribution < 1.29 is 0 Å². The van der Waals surface area contributed by atoms with Crippen molar-refractivity contribution in [2.24, 2.45) is 5.73 Å². The highest BCUT2D eigenvalue weighted by Gasteiger charge is 2.09. The second-order valence-electron chi connectivity index (χ2n) is 4.12. The molecule has 1 aromatic carbocycles. The summed E-state index contributed by atoms with van der Waals surface area (Å²) in [5, 5.41) is 1.24. The van der Waals surface area contributed by atoms with E-state index >= 15 is 0 Å². The van der Waals surface area contributed by atoms with E-state index in [2.05, 4.69) is 33.6 Å². The van der Waals surface area contributed by atoms with Crippen molar-refractivity contribution in [3.05, 3.63) is 53.2 Å². The minimum atomic E-state index is 0.0406. The van der Waals surface area contributed by atoms with Gasteiger partial charge < -0.3 is 10.7 Å². The third-order valence-electron chi connectivity index (χ3n) is 2.90. The predicted octanol–water partition coefficient (Wildman–Crippen LogP) is 2.87. The largest absolute Gasteiger partial charge is 0.361 e. The SMILES string of the molecule is NC(Cc1ccc2[nH]ccc2c1)c1ccns1. The molecule has 4 heteroatoms. The zero-order valence-corrected chi connectivity index (χ0v) is 10.1. The van der Waals surface area contributed by atoms with Crippen LogP contribution in [0.4, 0.5) is 0 Å². The summed E-state index contributed by atoms with van der Waals surface area (Å²) in [7, 11) is 0. The van der Waals surface area contributed by atoms with Crippen molar-refractivity contribution in [1.29, 1.82) is 0 Å². The van der Waals surface area contributed by atoms with Gasteiger partial charge in [0.25, 0.3) is 0 Å². The van der Waals surface area contributed by atoms with E-state index in [0.717, 1.165) is 11.3 Å². The Morgan fingerprint density at radius 3 is 3.06 bits per heavy atom. The maximum Gasteiger partial charge on any atom is 0.0454 e. The van der Waals surface area contributed by atoms with Gasteiger partial charge in [0.1, 0.15) is 0 Å². The maximum atomic E-state index is 6.15. The first-order chi connectivity index (χ1) is 8.33. The van der Waals surface area contributed by atoms with E-state index in [1.165, 1.54) is 28.0 Å². The molecule has 0 fully saturated rings. The summed E-state index contributed by atoms with van der Waals surface area (Å²) in [6, 6.07) is 10.5. The number of nitrogens with two attached hydrogens (primary N) is 1. The number of benzene rings is 1. The monoisotopic (exact) mass is 243 g/mol. The molecule has 0 aliphatic rings. The van der Waals surface area contributed by atoms with Crippen molar-refractivity contribution in [3.8, 4) is 0 Å². The fraction of sp³-hybridized carbons (Fsp3) is 0.154. The van der Waals surface area contributed by atoms with Gasteiger partial charge >= 0.3 is 0 Å². The molecule has 0 aliphatic heterocycles. The molecule has 3 N–H and O–H groups in total. The number of nitrogens with zero attached hydrogens (tertiary/aromatic N) is 1. The zero-order chi connectivity index (χ0) is 11.7. The summed E-state index contributed by atoms with van der Waals surface area (Å²) >= 11 is 1.47. The van der Waals surface area contributed by atoms with Crippen molar-refractivity contribution in [2.75, 3.05) is 0 Å². The van der Waals surface area contributed by atoms with E-state index in [1.54, 1.807) is 6.20 Å². The van der Waals surface area contributed by atoms with Gasteiger partial charge in [-0.15, -0.1) is 0 Å². The molecular weight excluding hydrogens is 230 g/mol. The molecular formula is C13H13N3S. The van der Waals surface area contributed by atoms with E-state index < -0.39 is 0 Å². The fourth-order valence-corrected chi connectivity index (χ4v) is 2.59. The molecule has 3 nitrogen and oxygen atoms in total. The van der Waals surface area contributed by atoms with E-state index in [9.17, 15) is 0 Å². The number of aromatic nitrogens is 2. The molecule has 0 radical (unpaired) electrons. The molecule has 3 aromatic rings. The number of hydrogen-bond acceptors (Lipinski definition) is 3. The molecule has 0 amide bonds. The van der Waals surface area contributed by atoms with Crippen LogP contribution in [0.3, 0.4) is 0 Å². The standard InChI is InChI=1S/C13H13N3S/c14-11(13-4-6-16-17-13)8-9-1-2-12-10(7-9)3-5-15-12/h1-7,11,15H,8,14H2. The number of nitrogens with one attached hydrogen (secondary N) is 1. The summed E-state index contributed by atoms with van der Waals surface area (Å²) in [6.07, 6.45) is 4.61. The highest BCUT2D eigenvalue weighted by molar-refractivity contribution is 7.05. The Kier molecular flexibility index (Phi) is 2.66. The molecule has 1 unspecified atom stereocenters. The molecule has 0 saturated heterocycles. The van der Waals surface area contributed by atoms with Crippen LogP contribution in [0, 0.1) is 0 Å². The van der Waals surface area contributed by atoms with Crippen LogP contribution in [0.15, 0.2) is 42.7 Å². The average molecular weight is 243 g/mol. The first-order valence-corrected chi connectivity index (χ1v) is 6.32. The van der Waals surface area contributed by atoms with Crippen LogP contribution in [0.5, 0.6) is 0 Å². The van der Waals surface area contributed by atoms with Crippen LogP contribution < -0.4 is 5.73 Å². The summed E-state index contributed by atoms with van der Waals surface area (Å²) in [6.45, 7) is 0. The van der Waals surface area contributed by atoms with Gasteiger partial charge in [-0.25, -0.2) is 4.37 Å². The lowest BCUT2D eigenvalue weighted by Gasteiger charge is -2.08. The highest BCUT2D eigenvalue weighted by atomic mass is 32.1. The van der Waals surface area contributed by atoms with Gasteiger partial charge in [-0.3, -0.25) is 0 Å². The molecule has 86 valence electrons. The smallest absolute Gasteiger partial charge is 0.0454 e. The molecule has 17 heavy (non-hydrogen) atoms. The number of rotatable bonds is 3. The molecule has 0 saturated carbocycles. The minimum absolute atomic E-state index is 0.0406. The highest BCUT2D eigenvalue weighted by Crippen LogP contribution is 2.21. The number of hydrogen-bond donors (Lipinski definition) is 2. The maximum absolute atomic E-state index is 6.15. The Morgan fingerprint density at radius 1 is 1.29 bits per heavy atom. The quantitative estimate of drug-likeness (QED) is 0.743. The molecule has 3 rings (SSSR count). The molecule has 2 aromatic heterocycles. The third-order valence-corrected chi connectivity index (χ3v) is 3.77. The van der Waals surface area contributed by atoms with E-state index in [0.29, 0.717) is 0 Å². The van der Waals surface area contributed by atoms with E-state index in [4.69, 9.17) is 5.73 Å². The van der Waals surface area contributed by atoms with Gasteiger partial charge in [-0.05, 0) is 53.2 Å². The second kappa shape index (κ2) is 4.31. The Balaban J connectivity index is 1.84. The van der Waals surface area contributed by atoms with Gasteiger partial charge in [0.05, 0.1) is 0 Å².